The van der Waals surface area contributed by atoms with E-state index in [0.29, 0.717) is 19.4 Å². The van der Waals surface area contributed by atoms with Gasteiger partial charge in [-0.2, -0.15) is 0 Å². The Labute approximate surface area is 125 Å². The van der Waals surface area contributed by atoms with Gasteiger partial charge in [-0.3, -0.25) is 9.59 Å². The Kier molecular flexibility index (Phi) is 4.79. The first-order valence-corrected chi connectivity index (χ1v) is 7.46. The lowest BCUT2D eigenvalue weighted by Gasteiger charge is -2.29. The van der Waals surface area contributed by atoms with E-state index in [1.807, 2.05) is 12.1 Å². The van der Waals surface area contributed by atoms with Gasteiger partial charge in [-0.1, -0.05) is 0 Å². The van der Waals surface area contributed by atoms with Crippen LogP contribution in [0.3, 0.4) is 0 Å². The predicted molar refractivity (Wildman–Crippen MR) is 81.3 cm³/mol. The van der Waals surface area contributed by atoms with Gasteiger partial charge in [-0.05, 0) is 65.6 Å². The first-order valence-electron chi connectivity index (χ1n) is 6.38. The molecule has 1 aromatic carbocycles. The Bertz CT molecular complexity index is 501. The summed E-state index contributed by atoms with van der Waals surface area (Å²) in [6.07, 6.45) is 2.85. The Hall–Kier alpha value is -1.11. The normalized spacial score (nSPS) is 14.4. The number of carboxylic acids is 1. The first-order chi connectivity index (χ1) is 9.08. The van der Waals surface area contributed by atoms with Crippen molar-refractivity contribution in [3.8, 4) is 0 Å². The Morgan fingerprint density at radius 1 is 1.32 bits per heavy atom. The molecule has 0 aliphatic carbocycles. The maximum Gasteiger partial charge on any atom is 0.303 e. The van der Waals surface area contributed by atoms with E-state index < -0.39 is 5.97 Å². The molecular formula is C14H16INO3. The van der Waals surface area contributed by atoms with Crippen molar-refractivity contribution in [1.82, 2.24) is 0 Å². The molecule has 1 amide bonds. The van der Waals surface area contributed by atoms with E-state index in [4.69, 9.17) is 5.11 Å². The molecule has 1 N–H and O–H groups in total. The summed E-state index contributed by atoms with van der Waals surface area (Å²) in [5.41, 5.74) is 2.21. The molecule has 1 heterocycles. The second-order valence-corrected chi connectivity index (χ2v) is 5.91. The quantitative estimate of drug-likeness (QED) is 0.638. The van der Waals surface area contributed by atoms with Gasteiger partial charge in [-0.15, -0.1) is 0 Å². The molecule has 1 aliphatic rings. The minimum atomic E-state index is -0.778. The van der Waals surface area contributed by atoms with Crippen LogP contribution < -0.4 is 4.90 Å². The van der Waals surface area contributed by atoms with Gasteiger partial charge in [0.15, 0.2) is 0 Å². The SMILES string of the molecule is O=C(O)CCCCN1C(=O)CCc2cc(I)ccc21. The maximum atomic E-state index is 12.0. The third kappa shape index (κ3) is 3.68. The number of amides is 1. The fourth-order valence-corrected chi connectivity index (χ4v) is 2.88. The van der Waals surface area contributed by atoms with Crippen molar-refractivity contribution in [1.29, 1.82) is 0 Å². The summed E-state index contributed by atoms with van der Waals surface area (Å²) in [4.78, 5) is 24.2. The lowest BCUT2D eigenvalue weighted by atomic mass is 10.0. The highest BCUT2D eigenvalue weighted by Gasteiger charge is 2.23. The van der Waals surface area contributed by atoms with Crippen LogP contribution in [0.5, 0.6) is 0 Å². The number of hydrogen-bond donors (Lipinski definition) is 1. The van der Waals surface area contributed by atoms with Crippen LogP contribution in [0, 0.1) is 3.57 Å². The summed E-state index contributed by atoms with van der Waals surface area (Å²) in [5.74, 6) is -0.635. The first kappa shape index (κ1) is 14.3. The Morgan fingerprint density at radius 2 is 2.11 bits per heavy atom. The van der Waals surface area contributed by atoms with Crippen LogP contribution in [0.4, 0.5) is 5.69 Å². The highest BCUT2D eigenvalue weighted by Crippen LogP contribution is 2.29. The molecule has 0 unspecified atom stereocenters. The van der Waals surface area contributed by atoms with E-state index in [9.17, 15) is 9.59 Å². The van der Waals surface area contributed by atoms with Crippen LogP contribution in [-0.4, -0.2) is 23.5 Å². The number of fused-ring (bicyclic) bond motifs is 1. The van der Waals surface area contributed by atoms with Crippen molar-refractivity contribution < 1.29 is 14.7 Å². The van der Waals surface area contributed by atoms with Crippen LogP contribution in [-0.2, 0) is 16.0 Å². The number of carbonyl (C=O) groups excluding carboxylic acids is 1. The molecule has 102 valence electrons. The molecule has 0 saturated carbocycles. The molecule has 0 radical (unpaired) electrons. The van der Waals surface area contributed by atoms with Crippen molar-refractivity contribution in [2.24, 2.45) is 0 Å². The molecule has 2 rings (SSSR count). The van der Waals surface area contributed by atoms with Gasteiger partial charge in [0, 0.05) is 28.6 Å². The number of carboxylic acid groups (broad SMARTS) is 1. The fraction of sp³-hybridized carbons (Fsp3) is 0.429. The summed E-state index contributed by atoms with van der Waals surface area (Å²) < 4.78 is 1.18. The topological polar surface area (TPSA) is 57.6 Å². The monoisotopic (exact) mass is 373 g/mol. The van der Waals surface area contributed by atoms with Gasteiger partial charge in [0.1, 0.15) is 0 Å². The van der Waals surface area contributed by atoms with Gasteiger partial charge >= 0.3 is 5.97 Å². The number of hydrogen-bond acceptors (Lipinski definition) is 2. The molecule has 1 aliphatic heterocycles. The van der Waals surface area contributed by atoms with Crippen molar-refractivity contribution in [2.75, 3.05) is 11.4 Å². The zero-order chi connectivity index (χ0) is 13.8. The van der Waals surface area contributed by atoms with Crippen LogP contribution in [0.15, 0.2) is 18.2 Å². The number of benzene rings is 1. The van der Waals surface area contributed by atoms with E-state index in [1.54, 1.807) is 4.90 Å². The lowest BCUT2D eigenvalue weighted by Crippen LogP contribution is -2.35. The largest absolute Gasteiger partial charge is 0.481 e. The minimum absolute atomic E-state index is 0.143. The summed E-state index contributed by atoms with van der Waals surface area (Å²) in [6, 6.07) is 6.11. The third-order valence-corrected chi connectivity index (χ3v) is 3.93. The van der Waals surface area contributed by atoms with Crippen molar-refractivity contribution >= 4 is 40.2 Å². The van der Waals surface area contributed by atoms with E-state index in [-0.39, 0.29) is 12.3 Å². The van der Waals surface area contributed by atoms with E-state index in [0.717, 1.165) is 18.5 Å². The second-order valence-electron chi connectivity index (χ2n) is 4.67. The zero-order valence-corrected chi connectivity index (χ0v) is 12.7. The van der Waals surface area contributed by atoms with Crippen molar-refractivity contribution in [3.05, 3.63) is 27.3 Å². The van der Waals surface area contributed by atoms with Gasteiger partial charge in [0.2, 0.25) is 5.91 Å². The molecule has 1 aromatic rings. The highest BCUT2D eigenvalue weighted by atomic mass is 127. The molecule has 0 bridgehead atoms. The Morgan fingerprint density at radius 3 is 2.84 bits per heavy atom. The van der Waals surface area contributed by atoms with Crippen LogP contribution in [0.25, 0.3) is 0 Å². The smallest absolute Gasteiger partial charge is 0.303 e. The predicted octanol–water partition coefficient (Wildman–Crippen LogP) is 2.83. The average Bonchev–Trinajstić information content (AvgIpc) is 2.36. The highest BCUT2D eigenvalue weighted by molar-refractivity contribution is 14.1. The van der Waals surface area contributed by atoms with E-state index >= 15 is 0 Å². The zero-order valence-electron chi connectivity index (χ0n) is 10.6. The standard InChI is InChI=1S/C14H16INO3/c15-11-5-6-12-10(9-11)4-7-13(17)16(12)8-2-1-3-14(18)19/h5-6,9H,1-4,7-8H2,(H,18,19). The maximum absolute atomic E-state index is 12.0. The third-order valence-electron chi connectivity index (χ3n) is 3.26. The second kappa shape index (κ2) is 6.36. The number of anilines is 1. The van der Waals surface area contributed by atoms with E-state index in [1.165, 1.54) is 9.13 Å². The number of unbranched alkanes of at least 4 members (excludes halogenated alkanes) is 1. The van der Waals surface area contributed by atoms with Crippen LogP contribution in [0.2, 0.25) is 0 Å². The molecule has 0 spiro atoms. The van der Waals surface area contributed by atoms with Gasteiger partial charge < -0.3 is 10.0 Å². The van der Waals surface area contributed by atoms with Gasteiger partial charge in [0.05, 0.1) is 0 Å². The molecule has 4 nitrogen and oxygen atoms in total. The van der Waals surface area contributed by atoms with E-state index in [2.05, 4.69) is 28.7 Å². The summed E-state index contributed by atoms with van der Waals surface area (Å²) in [6.45, 7) is 0.611. The van der Waals surface area contributed by atoms with Gasteiger partial charge in [0.25, 0.3) is 0 Å². The summed E-state index contributed by atoms with van der Waals surface area (Å²) >= 11 is 2.27. The lowest BCUT2D eigenvalue weighted by molar-refractivity contribution is -0.137. The summed E-state index contributed by atoms with van der Waals surface area (Å²) in [5, 5.41) is 8.61. The molecule has 0 atom stereocenters. The molecule has 19 heavy (non-hydrogen) atoms. The average molecular weight is 373 g/mol. The molecule has 0 saturated heterocycles. The van der Waals surface area contributed by atoms with Crippen LogP contribution >= 0.6 is 22.6 Å². The number of aryl methyl sites for hydroxylation is 1. The number of carbonyl (C=O) groups is 2. The summed E-state index contributed by atoms with van der Waals surface area (Å²) in [7, 11) is 0. The number of nitrogens with zero attached hydrogens (tertiary/aromatic N) is 1. The van der Waals surface area contributed by atoms with Gasteiger partial charge in [-0.25, -0.2) is 0 Å². The fourth-order valence-electron chi connectivity index (χ4n) is 2.32. The van der Waals surface area contributed by atoms with Crippen LogP contribution in [0.1, 0.15) is 31.2 Å². The molecular weight excluding hydrogens is 357 g/mol. The Balaban J connectivity index is 2.04. The number of halogens is 1. The minimum Gasteiger partial charge on any atom is -0.481 e. The molecule has 5 heteroatoms. The molecule has 0 fully saturated rings. The molecule has 0 aromatic heterocycles. The number of rotatable bonds is 5. The van der Waals surface area contributed by atoms with Crippen molar-refractivity contribution in [3.63, 3.8) is 0 Å². The van der Waals surface area contributed by atoms with Crippen molar-refractivity contribution in [2.45, 2.75) is 32.1 Å². The number of aliphatic carboxylic acids is 1.